The molecule has 0 fully saturated rings. The van der Waals surface area contributed by atoms with E-state index in [1.54, 1.807) is 6.20 Å². The van der Waals surface area contributed by atoms with Gasteiger partial charge in [-0.05, 0) is 65.7 Å². The third-order valence-electron chi connectivity index (χ3n) is 6.00. The first-order chi connectivity index (χ1) is 18.1. The van der Waals surface area contributed by atoms with E-state index in [0.29, 0.717) is 24.7 Å². The number of hydrogen-bond acceptors (Lipinski definition) is 6. The fourth-order valence-corrected chi connectivity index (χ4v) is 4.06. The lowest BCUT2D eigenvalue weighted by Gasteiger charge is -2.20. The van der Waals surface area contributed by atoms with Crippen LogP contribution in [0.5, 0.6) is 5.75 Å². The van der Waals surface area contributed by atoms with Crippen LogP contribution >= 0.6 is 0 Å². The number of pyridine rings is 1. The van der Waals surface area contributed by atoms with Crippen molar-refractivity contribution in [1.82, 2.24) is 25.1 Å². The Morgan fingerprint density at radius 2 is 2.00 bits per heavy atom. The lowest BCUT2D eigenvalue weighted by atomic mass is 10.0. The van der Waals surface area contributed by atoms with Crippen LogP contribution < -0.4 is 10.1 Å². The number of ether oxygens (including phenoxy) is 1. The molecule has 0 atom stereocenters. The largest absolute Gasteiger partial charge is 0.492 e. The zero-order valence-electron chi connectivity index (χ0n) is 20.6. The van der Waals surface area contributed by atoms with Crippen LogP contribution in [0.1, 0.15) is 27.6 Å². The van der Waals surface area contributed by atoms with E-state index in [2.05, 4.69) is 42.7 Å². The number of benzene rings is 2. The van der Waals surface area contributed by atoms with E-state index in [-0.39, 0.29) is 5.82 Å². The summed E-state index contributed by atoms with van der Waals surface area (Å²) in [5, 5.41) is 9.72. The number of aromatic nitrogens is 4. The molecule has 4 aromatic rings. The van der Waals surface area contributed by atoms with Gasteiger partial charge in [-0.1, -0.05) is 48.6 Å². The summed E-state index contributed by atoms with van der Waals surface area (Å²) in [5.74, 6) is 1.50. The predicted octanol–water partition coefficient (Wildman–Crippen LogP) is 4.78. The number of nitrogens with zero attached hydrogens (tertiary/aromatic N) is 4. The van der Waals surface area contributed by atoms with E-state index < -0.39 is 5.91 Å². The van der Waals surface area contributed by atoms with Crippen LogP contribution in [0.3, 0.4) is 0 Å². The molecule has 0 radical (unpaired) electrons. The average molecular weight is 493 g/mol. The second kappa shape index (κ2) is 11.3. The van der Waals surface area contributed by atoms with Crippen molar-refractivity contribution >= 4 is 11.7 Å². The number of rotatable bonds is 9. The molecule has 2 aromatic heterocycles. The predicted molar refractivity (Wildman–Crippen MR) is 143 cm³/mol. The number of H-pyrrole nitrogens is 1. The van der Waals surface area contributed by atoms with E-state index >= 15 is 0 Å². The number of amides is 1. The lowest BCUT2D eigenvalue weighted by Crippen LogP contribution is -2.24. The molecule has 0 spiro atoms. The van der Waals surface area contributed by atoms with Crippen molar-refractivity contribution in [3.63, 3.8) is 0 Å². The minimum absolute atomic E-state index is 0.0729. The van der Waals surface area contributed by atoms with Crippen LogP contribution in [0.2, 0.25) is 0 Å². The smallest absolute Gasteiger partial charge is 0.296 e. The highest BCUT2D eigenvalue weighted by atomic mass is 16.5. The number of allylic oxidation sites excluding steroid dienone is 2. The van der Waals surface area contributed by atoms with Gasteiger partial charge in [0.25, 0.3) is 5.91 Å². The maximum atomic E-state index is 12.8. The van der Waals surface area contributed by atoms with Gasteiger partial charge < -0.3 is 15.0 Å². The summed E-state index contributed by atoms with van der Waals surface area (Å²) in [4.78, 5) is 23.6. The van der Waals surface area contributed by atoms with Crippen molar-refractivity contribution in [3.05, 3.63) is 114 Å². The molecule has 2 N–H and O–H groups in total. The van der Waals surface area contributed by atoms with Gasteiger partial charge in [0.15, 0.2) is 0 Å². The normalized spacial score (nSPS) is 12.5. The molecule has 0 bridgehead atoms. The number of carbonyl (C=O) groups is 1. The minimum atomic E-state index is -0.421. The maximum absolute atomic E-state index is 12.8. The monoisotopic (exact) mass is 492 g/mol. The summed E-state index contributed by atoms with van der Waals surface area (Å²) in [6.45, 7) is 4.34. The third-order valence-corrected chi connectivity index (χ3v) is 6.00. The Bertz CT molecular complexity index is 1430. The van der Waals surface area contributed by atoms with Gasteiger partial charge >= 0.3 is 0 Å². The van der Waals surface area contributed by atoms with Crippen LogP contribution in [-0.4, -0.2) is 50.7 Å². The van der Waals surface area contributed by atoms with Crippen LogP contribution in [0.15, 0.2) is 91.3 Å². The average Bonchev–Trinajstić information content (AvgIpc) is 3.40. The Kier molecular flexibility index (Phi) is 7.36. The molecule has 186 valence electrons. The molecule has 5 rings (SSSR count). The van der Waals surface area contributed by atoms with Crippen molar-refractivity contribution in [2.45, 2.75) is 13.3 Å². The highest BCUT2D eigenvalue weighted by molar-refractivity contribution is 6.01. The summed E-state index contributed by atoms with van der Waals surface area (Å²) in [6, 6.07) is 19.7. The van der Waals surface area contributed by atoms with Crippen molar-refractivity contribution in [2.75, 3.05) is 25.0 Å². The Balaban J connectivity index is 1.23. The zero-order chi connectivity index (χ0) is 25.5. The number of anilines is 1. The SMILES string of the molecule is Cc1ccc(OCCN2C=CC=CC2)cc1-c1ccnc(NC(=O)c2n[nH]c(Cc3ccccc3)n2)c1. The first kappa shape index (κ1) is 24.0. The molecule has 37 heavy (non-hydrogen) atoms. The first-order valence-corrected chi connectivity index (χ1v) is 12.2. The molecule has 0 aliphatic carbocycles. The summed E-state index contributed by atoms with van der Waals surface area (Å²) < 4.78 is 6.02. The van der Waals surface area contributed by atoms with E-state index in [1.807, 2.05) is 79.7 Å². The van der Waals surface area contributed by atoms with Gasteiger partial charge in [-0.25, -0.2) is 9.97 Å². The van der Waals surface area contributed by atoms with Crippen LogP contribution in [0.4, 0.5) is 5.82 Å². The highest BCUT2D eigenvalue weighted by Crippen LogP contribution is 2.29. The minimum Gasteiger partial charge on any atom is -0.492 e. The fraction of sp³-hybridized carbons (Fsp3) is 0.172. The van der Waals surface area contributed by atoms with E-state index in [0.717, 1.165) is 41.1 Å². The summed E-state index contributed by atoms with van der Waals surface area (Å²) in [7, 11) is 0. The van der Waals surface area contributed by atoms with Gasteiger partial charge in [0, 0.05) is 19.2 Å². The molecular weight excluding hydrogens is 464 g/mol. The third kappa shape index (κ3) is 6.29. The van der Waals surface area contributed by atoms with E-state index in [9.17, 15) is 4.79 Å². The summed E-state index contributed by atoms with van der Waals surface area (Å²) in [6.07, 6.45) is 10.5. The molecule has 0 saturated heterocycles. The molecule has 1 amide bonds. The Labute approximate surface area is 215 Å². The van der Waals surface area contributed by atoms with Crippen molar-refractivity contribution in [3.8, 4) is 16.9 Å². The molecule has 0 saturated carbocycles. The van der Waals surface area contributed by atoms with Crippen LogP contribution in [0, 0.1) is 6.92 Å². The number of nitrogens with one attached hydrogen (secondary N) is 2. The quantitative estimate of drug-likeness (QED) is 0.349. The standard InChI is InChI=1S/C29H28N6O2/c1-21-10-11-24(37-17-16-35-14-6-3-7-15-35)20-25(21)23-12-13-30-26(19-23)32-29(36)28-31-27(33-34-28)18-22-8-4-2-5-9-22/h2-14,19-20H,15-18H2,1H3,(H,30,32,36)(H,31,33,34). The first-order valence-electron chi connectivity index (χ1n) is 12.2. The van der Waals surface area contributed by atoms with Gasteiger partial charge in [-0.3, -0.25) is 9.89 Å². The maximum Gasteiger partial charge on any atom is 0.296 e. The van der Waals surface area contributed by atoms with E-state index in [1.165, 1.54) is 0 Å². The van der Waals surface area contributed by atoms with Crippen molar-refractivity contribution < 1.29 is 9.53 Å². The Morgan fingerprint density at radius 3 is 2.84 bits per heavy atom. The van der Waals surface area contributed by atoms with Crippen LogP contribution in [-0.2, 0) is 6.42 Å². The molecule has 1 aliphatic rings. The van der Waals surface area contributed by atoms with Gasteiger partial charge in [0.05, 0.1) is 6.54 Å². The van der Waals surface area contributed by atoms with Gasteiger partial charge in [-0.15, -0.1) is 5.10 Å². The van der Waals surface area contributed by atoms with E-state index in [4.69, 9.17) is 4.74 Å². The number of aryl methyl sites for hydroxylation is 1. The topological polar surface area (TPSA) is 96.0 Å². The van der Waals surface area contributed by atoms with Crippen molar-refractivity contribution in [1.29, 1.82) is 0 Å². The number of carbonyl (C=O) groups excluding carboxylic acids is 1. The lowest BCUT2D eigenvalue weighted by molar-refractivity contribution is 0.101. The molecule has 3 heterocycles. The second-order valence-electron chi connectivity index (χ2n) is 8.74. The fourth-order valence-electron chi connectivity index (χ4n) is 4.06. The second-order valence-corrected chi connectivity index (χ2v) is 8.74. The number of aromatic amines is 1. The molecule has 8 nitrogen and oxygen atoms in total. The van der Waals surface area contributed by atoms with Crippen molar-refractivity contribution in [2.24, 2.45) is 0 Å². The van der Waals surface area contributed by atoms with Gasteiger partial charge in [0.1, 0.15) is 24.0 Å². The molecule has 1 aliphatic heterocycles. The van der Waals surface area contributed by atoms with Gasteiger partial charge in [-0.2, -0.15) is 0 Å². The highest BCUT2D eigenvalue weighted by Gasteiger charge is 2.15. The molecule has 2 aromatic carbocycles. The molecule has 8 heteroatoms. The molecule has 0 unspecified atom stereocenters. The Hall–Kier alpha value is -4.72. The molecular formula is C29H28N6O2. The van der Waals surface area contributed by atoms with Gasteiger partial charge in [0.2, 0.25) is 5.82 Å². The summed E-state index contributed by atoms with van der Waals surface area (Å²) >= 11 is 0. The summed E-state index contributed by atoms with van der Waals surface area (Å²) in [5.41, 5.74) is 4.12. The number of hydrogen-bond donors (Lipinski definition) is 2. The van der Waals surface area contributed by atoms with Crippen LogP contribution in [0.25, 0.3) is 11.1 Å². The zero-order valence-corrected chi connectivity index (χ0v) is 20.6. The Morgan fingerprint density at radius 1 is 1.11 bits per heavy atom.